The summed E-state index contributed by atoms with van der Waals surface area (Å²) in [4.78, 5) is 10.1. The third-order valence-electron chi connectivity index (χ3n) is 8.80. The fourth-order valence-electron chi connectivity index (χ4n) is 6.83. The van der Waals surface area contributed by atoms with Gasteiger partial charge in [0, 0.05) is 38.4 Å². The third-order valence-corrected chi connectivity index (χ3v) is 8.80. The van der Waals surface area contributed by atoms with Crippen LogP contribution in [0.15, 0.2) is 148 Å². The number of para-hydroxylation sites is 3. The zero-order chi connectivity index (χ0) is 29.5. The van der Waals surface area contributed by atoms with E-state index in [4.69, 9.17) is 18.8 Å². The number of furan rings is 2. The SMILES string of the molecule is c1ccc(-c2nc(-c3cccc(-n4c5ccccc5c5ccc6oc7ccccc7c6c54)c3)c3oc4ccccc4c3n2)cc1. The molecule has 4 aromatic heterocycles. The minimum absolute atomic E-state index is 0.665. The summed E-state index contributed by atoms with van der Waals surface area (Å²) >= 11 is 0. The molecule has 0 fully saturated rings. The minimum Gasteiger partial charge on any atom is -0.456 e. The monoisotopic (exact) mass is 577 g/mol. The van der Waals surface area contributed by atoms with Gasteiger partial charge in [0.1, 0.15) is 28.0 Å². The van der Waals surface area contributed by atoms with Gasteiger partial charge in [-0.05, 0) is 48.5 Å². The Hall–Kier alpha value is -6.20. The molecule has 0 N–H and O–H groups in total. The maximum atomic E-state index is 6.45. The molecule has 210 valence electrons. The van der Waals surface area contributed by atoms with Gasteiger partial charge in [0.15, 0.2) is 11.4 Å². The van der Waals surface area contributed by atoms with E-state index in [0.717, 1.165) is 72.0 Å². The van der Waals surface area contributed by atoms with Gasteiger partial charge in [-0.15, -0.1) is 0 Å². The Morgan fingerprint density at radius 2 is 1.20 bits per heavy atom. The highest BCUT2D eigenvalue weighted by molar-refractivity contribution is 6.24. The van der Waals surface area contributed by atoms with Crippen molar-refractivity contribution in [3.63, 3.8) is 0 Å². The van der Waals surface area contributed by atoms with Crippen molar-refractivity contribution in [2.45, 2.75) is 0 Å². The van der Waals surface area contributed by atoms with Crippen molar-refractivity contribution >= 4 is 65.8 Å². The van der Waals surface area contributed by atoms with E-state index in [-0.39, 0.29) is 0 Å². The Bertz CT molecular complexity index is 2770. The second-order valence-electron chi connectivity index (χ2n) is 11.4. The molecule has 0 saturated carbocycles. The van der Waals surface area contributed by atoms with Crippen molar-refractivity contribution in [2.75, 3.05) is 0 Å². The molecule has 0 unspecified atom stereocenters. The average molecular weight is 578 g/mol. The predicted molar refractivity (Wildman–Crippen MR) is 182 cm³/mol. The van der Waals surface area contributed by atoms with E-state index < -0.39 is 0 Å². The Balaban J connectivity index is 1.29. The van der Waals surface area contributed by atoms with Gasteiger partial charge in [-0.1, -0.05) is 91.0 Å². The summed E-state index contributed by atoms with van der Waals surface area (Å²) in [6.07, 6.45) is 0. The molecule has 0 aliphatic rings. The molecule has 0 aliphatic carbocycles. The summed E-state index contributed by atoms with van der Waals surface area (Å²) in [5.74, 6) is 0.665. The molecule has 0 bridgehead atoms. The van der Waals surface area contributed by atoms with Crippen LogP contribution in [-0.4, -0.2) is 14.5 Å². The van der Waals surface area contributed by atoms with Crippen molar-refractivity contribution in [3.8, 4) is 28.3 Å². The predicted octanol–water partition coefficient (Wildman–Crippen LogP) is 10.7. The zero-order valence-corrected chi connectivity index (χ0v) is 23.9. The number of benzene rings is 6. The Morgan fingerprint density at radius 1 is 0.489 bits per heavy atom. The highest BCUT2D eigenvalue weighted by Crippen LogP contribution is 2.42. The van der Waals surface area contributed by atoms with Crippen LogP contribution in [0.1, 0.15) is 0 Å². The van der Waals surface area contributed by atoms with E-state index in [1.807, 2.05) is 60.7 Å². The molecule has 0 atom stereocenters. The molecule has 0 amide bonds. The molecule has 0 aliphatic heterocycles. The smallest absolute Gasteiger partial charge is 0.180 e. The first kappa shape index (κ1) is 24.3. The number of fused-ring (bicyclic) bond motifs is 10. The summed E-state index contributed by atoms with van der Waals surface area (Å²) in [7, 11) is 0. The molecular formula is C40H23N3O2. The number of hydrogen-bond acceptors (Lipinski definition) is 4. The second kappa shape index (κ2) is 9.15. The standard InChI is InChI=1S/C40H23N3O2/c1-2-11-24(12-3-1)40-41-36(39-37(42-40)30-17-6-9-20-33(30)45-39)25-13-10-14-26(23-25)43-31-18-7-4-15-27(31)28-21-22-34-35(38(28)43)29-16-5-8-19-32(29)44-34/h1-23H. The van der Waals surface area contributed by atoms with E-state index in [1.54, 1.807) is 0 Å². The number of rotatable bonds is 3. The minimum atomic E-state index is 0.665. The average Bonchev–Trinajstić information content (AvgIpc) is 3.77. The number of hydrogen-bond donors (Lipinski definition) is 0. The van der Waals surface area contributed by atoms with Crippen LogP contribution in [0.25, 0.3) is 94.1 Å². The van der Waals surface area contributed by atoms with Gasteiger partial charge < -0.3 is 13.4 Å². The summed E-state index contributed by atoms with van der Waals surface area (Å²) < 4.78 is 15.1. The lowest BCUT2D eigenvalue weighted by atomic mass is 10.1. The van der Waals surface area contributed by atoms with Crippen LogP contribution in [0.4, 0.5) is 0 Å². The third kappa shape index (κ3) is 3.49. The van der Waals surface area contributed by atoms with E-state index in [2.05, 4.69) is 83.4 Å². The number of aromatic nitrogens is 3. The Morgan fingerprint density at radius 3 is 2.07 bits per heavy atom. The molecule has 10 rings (SSSR count). The van der Waals surface area contributed by atoms with Gasteiger partial charge >= 0.3 is 0 Å². The molecule has 10 aromatic rings. The maximum Gasteiger partial charge on any atom is 0.180 e. The van der Waals surface area contributed by atoms with Crippen molar-refractivity contribution in [2.24, 2.45) is 0 Å². The van der Waals surface area contributed by atoms with Crippen molar-refractivity contribution in [3.05, 3.63) is 140 Å². The van der Waals surface area contributed by atoms with Gasteiger partial charge in [0.2, 0.25) is 0 Å². The normalized spacial score (nSPS) is 12.0. The first-order valence-corrected chi connectivity index (χ1v) is 15.0. The molecule has 5 nitrogen and oxygen atoms in total. The fourth-order valence-corrected chi connectivity index (χ4v) is 6.83. The molecule has 0 saturated heterocycles. The van der Waals surface area contributed by atoms with Crippen LogP contribution < -0.4 is 0 Å². The molecule has 6 aromatic carbocycles. The lowest BCUT2D eigenvalue weighted by Gasteiger charge is -2.11. The quantitative estimate of drug-likeness (QED) is 0.210. The van der Waals surface area contributed by atoms with E-state index in [9.17, 15) is 0 Å². The van der Waals surface area contributed by atoms with E-state index >= 15 is 0 Å². The molecular weight excluding hydrogens is 554 g/mol. The van der Waals surface area contributed by atoms with E-state index in [0.29, 0.717) is 11.4 Å². The molecule has 0 spiro atoms. The van der Waals surface area contributed by atoms with Crippen molar-refractivity contribution in [1.82, 2.24) is 14.5 Å². The van der Waals surface area contributed by atoms with Crippen LogP contribution in [0.5, 0.6) is 0 Å². The van der Waals surface area contributed by atoms with Gasteiger partial charge in [0.25, 0.3) is 0 Å². The van der Waals surface area contributed by atoms with Crippen molar-refractivity contribution < 1.29 is 8.83 Å². The summed E-state index contributed by atoms with van der Waals surface area (Å²) in [5.41, 5.74) is 9.98. The number of nitrogens with zero attached hydrogens (tertiary/aromatic N) is 3. The lowest BCUT2D eigenvalue weighted by Crippen LogP contribution is -1.97. The van der Waals surface area contributed by atoms with Gasteiger partial charge in [-0.25, -0.2) is 9.97 Å². The van der Waals surface area contributed by atoms with Gasteiger partial charge in [-0.3, -0.25) is 0 Å². The topological polar surface area (TPSA) is 57.0 Å². The zero-order valence-electron chi connectivity index (χ0n) is 23.9. The van der Waals surface area contributed by atoms with Crippen LogP contribution in [0.2, 0.25) is 0 Å². The Labute approximate surface area is 256 Å². The summed E-state index contributed by atoms with van der Waals surface area (Å²) in [5, 5.41) is 5.56. The largest absolute Gasteiger partial charge is 0.456 e. The van der Waals surface area contributed by atoms with Crippen LogP contribution in [0, 0.1) is 0 Å². The molecule has 45 heavy (non-hydrogen) atoms. The van der Waals surface area contributed by atoms with Crippen molar-refractivity contribution in [1.29, 1.82) is 0 Å². The lowest BCUT2D eigenvalue weighted by molar-refractivity contribution is 0.667. The van der Waals surface area contributed by atoms with Crippen LogP contribution in [0.3, 0.4) is 0 Å². The fraction of sp³-hybridized carbons (Fsp3) is 0. The highest BCUT2D eigenvalue weighted by Gasteiger charge is 2.21. The molecule has 4 heterocycles. The molecule has 5 heteroatoms. The van der Waals surface area contributed by atoms with E-state index in [1.165, 1.54) is 10.8 Å². The summed E-state index contributed by atoms with van der Waals surface area (Å²) in [6, 6.07) is 47.8. The van der Waals surface area contributed by atoms with Gasteiger partial charge in [-0.2, -0.15) is 0 Å². The first-order chi connectivity index (χ1) is 22.3. The maximum absolute atomic E-state index is 6.45. The van der Waals surface area contributed by atoms with Crippen LogP contribution in [-0.2, 0) is 0 Å². The summed E-state index contributed by atoms with van der Waals surface area (Å²) in [6.45, 7) is 0. The first-order valence-electron chi connectivity index (χ1n) is 15.0. The highest BCUT2D eigenvalue weighted by atomic mass is 16.3. The second-order valence-corrected chi connectivity index (χ2v) is 11.4. The van der Waals surface area contributed by atoms with Crippen LogP contribution >= 0.6 is 0 Å². The molecule has 0 radical (unpaired) electrons. The Kier molecular flexibility index (Phi) is 4.93. The van der Waals surface area contributed by atoms with Gasteiger partial charge in [0.05, 0.1) is 16.4 Å².